The normalized spacial score (nSPS) is 10.3. The second-order valence-corrected chi connectivity index (χ2v) is 4.84. The molecule has 1 heterocycles. The number of nitriles is 1. The lowest BCUT2D eigenvalue weighted by Crippen LogP contribution is -2.30. The Bertz CT molecular complexity index is 537. The quantitative estimate of drug-likeness (QED) is 0.620. The summed E-state index contributed by atoms with van der Waals surface area (Å²) in [5.41, 5.74) is 5.66. The van der Waals surface area contributed by atoms with Crippen LogP contribution < -0.4 is 10.6 Å². The predicted octanol–water partition coefficient (Wildman–Crippen LogP) is 1.65. The molecule has 1 aromatic heterocycles. The van der Waals surface area contributed by atoms with E-state index in [2.05, 4.69) is 9.97 Å². The van der Waals surface area contributed by atoms with Gasteiger partial charge in [0.1, 0.15) is 5.69 Å². The molecule has 0 aliphatic carbocycles. The van der Waals surface area contributed by atoms with Crippen LogP contribution in [-0.2, 0) is 0 Å². The first-order valence-electron chi connectivity index (χ1n) is 6.27. The number of hydrogen-bond acceptors (Lipinski definition) is 7. The molecule has 0 aliphatic heterocycles. The van der Waals surface area contributed by atoms with Crippen LogP contribution in [0.15, 0.2) is 0 Å². The molecule has 20 heavy (non-hydrogen) atoms. The third-order valence-corrected chi connectivity index (χ3v) is 2.62. The van der Waals surface area contributed by atoms with Gasteiger partial charge in [-0.2, -0.15) is 10.2 Å². The zero-order valence-electron chi connectivity index (χ0n) is 11.8. The van der Waals surface area contributed by atoms with Gasteiger partial charge in [-0.3, -0.25) is 10.1 Å². The van der Waals surface area contributed by atoms with Crippen molar-refractivity contribution in [2.24, 2.45) is 5.92 Å². The van der Waals surface area contributed by atoms with E-state index in [1.165, 1.54) is 6.92 Å². The largest absolute Gasteiger partial charge is 0.368 e. The lowest BCUT2D eigenvalue weighted by Gasteiger charge is -2.24. The van der Waals surface area contributed by atoms with E-state index in [4.69, 9.17) is 11.0 Å². The zero-order valence-corrected chi connectivity index (χ0v) is 11.8. The van der Waals surface area contributed by atoms with Gasteiger partial charge in [-0.25, -0.2) is 4.98 Å². The third-order valence-electron chi connectivity index (χ3n) is 2.62. The smallest absolute Gasteiger partial charge is 0.332 e. The average Bonchev–Trinajstić information content (AvgIpc) is 2.32. The summed E-state index contributed by atoms with van der Waals surface area (Å²) in [7, 11) is 0. The van der Waals surface area contributed by atoms with E-state index in [9.17, 15) is 10.1 Å². The van der Waals surface area contributed by atoms with Gasteiger partial charge in [0, 0.05) is 13.1 Å². The van der Waals surface area contributed by atoms with Crippen molar-refractivity contribution in [2.45, 2.75) is 27.2 Å². The molecule has 0 spiro atoms. The number of anilines is 2. The Morgan fingerprint density at radius 3 is 2.65 bits per heavy atom. The minimum atomic E-state index is -0.510. The Kier molecular flexibility index (Phi) is 5.20. The molecule has 0 fully saturated rings. The lowest BCUT2D eigenvalue weighted by atomic mass is 10.2. The van der Waals surface area contributed by atoms with Crippen molar-refractivity contribution in [3.05, 3.63) is 15.8 Å². The molecule has 0 saturated heterocycles. The maximum atomic E-state index is 11.2. The van der Waals surface area contributed by atoms with Gasteiger partial charge in [0.05, 0.1) is 17.4 Å². The summed E-state index contributed by atoms with van der Waals surface area (Å²) in [4.78, 5) is 20.3. The van der Waals surface area contributed by atoms with E-state index >= 15 is 0 Å². The van der Waals surface area contributed by atoms with Crippen molar-refractivity contribution in [1.82, 2.24) is 9.97 Å². The summed E-state index contributed by atoms with van der Waals surface area (Å²) in [6.07, 6.45) is 0.257. The zero-order chi connectivity index (χ0) is 15.3. The second kappa shape index (κ2) is 6.65. The van der Waals surface area contributed by atoms with Crippen LogP contribution >= 0.6 is 0 Å². The van der Waals surface area contributed by atoms with E-state index in [0.29, 0.717) is 13.1 Å². The first-order chi connectivity index (χ1) is 9.36. The van der Waals surface area contributed by atoms with Gasteiger partial charge in [0.2, 0.25) is 11.8 Å². The molecule has 0 atom stereocenters. The molecule has 0 aliphatic rings. The molecule has 0 amide bonds. The molecule has 8 nitrogen and oxygen atoms in total. The van der Waals surface area contributed by atoms with E-state index in [1.54, 1.807) is 4.90 Å². The van der Waals surface area contributed by atoms with Crippen LogP contribution in [0, 0.1) is 34.3 Å². The molecular formula is C12H18N6O2. The van der Waals surface area contributed by atoms with Gasteiger partial charge < -0.3 is 10.6 Å². The fourth-order valence-corrected chi connectivity index (χ4v) is 1.92. The molecule has 0 radical (unpaired) electrons. The first-order valence-corrected chi connectivity index (χ1v) is 6.27. The highest BCUT2D eigenvalue weighted by molar-refractivity contribution is 5.62. The summed E-state index contributed by atoms with van der Waals surface area (Å²) in [5.74, 6) is 0.447. The molecule has 1 rings (SSSR count). The maximum Gasteiger partial charge on any atom is 0.332 e. The summed E-state index contributed by atoms with van der Waals surface area (Å²) in [6, 6.07) is 2.03. The van der Waals surface area contributed by atoms with Gasteiger partial charge in [-0.15, -0.1) is 0 Å². The molecule has 108 valence electrons. The Hall–Kier alpha value is -2.43. The Morgan fingerprint density at radius 1 is 1.50 bits per heavy atom. The van der Waals surface area contributed by atoms with Crippen LogP contribution in [0.25, 0.3) is 0 Å². The third kappa shape index (κ3) is 3.78. The van der Waals surface area contributed by atoms with Crippen LogP contribution in [0.3, 0.4) is 0 Å². The highest BCUT2D eigenvalue weighted by atomic mass is 16.6. The summed E-state index contributed by atoms with van der Waals surface area (Å²) < 4.78 is 0. The van der Waals surface area contributed by atoms with Crippen molar-refractivity contribution in [2.75, 3.05) is 23.7 Å². The van der Waals surface area contributed by atoms with E-state index in [1.807, 2.05) is 19.9 Å². The summed E-state index contributed by atoms with van der Waals surface area (Å²) in [6.45, 7) is 6.42. The van der Waals surface area contributed by atoms with Gasteiger partial charge in [0.15, 0.2) is 0 Å². The molecular weight excluding hydrogens is 260 g/mol. The van der Waals surface area contributed by atoms with Crippen molar-refractivity contribution in [1.29, 1.82) is 5.26 Å². The molecule has 0 bridgehead atoms. The highest BCUT2D eigenvalue weighted by Gasteiger charge is 2.26. The number of aromatic nitrogens is 2. The molecule has 2 N–H and O–H groups in total. The number of hydrogen-bond donors (Lipinski definition) is 1. The number of aryl methyl sites for hydroxylation is 1. The summed E-state index contributed by atoms with van der Waals surface area (Å²) >= 11 is 0. The van der Waals surface area contributed by atoms with Crippen molar-refractivity contribution >= 4 is 17.5 Å². The van der Waals surface area contributed by atoms with Crippen molar-refractivity contribution in [3.63, 3.8) is 0 Å². The van der Waals surface area contributed by atoms with E-state index < -0.39 is 4.92 Å². The average molecular weight is 278 g/mol. The Labute approximate surface area is 117 Å². The van der Waals surface area contributed by atoms with Crippen LogP contribution in [-0.4, -0.2) is 28.0 Å². The summed E-state index contributed by atoms with van der Waals surface area (Å²) in [5, 5.41) is 19.9. The Morgan fingerprint density at radius 2 is 2.15 bits per heavy atom. The Balaban J connectivity index is 3.30. The van der Waals surface area contributed by atoms with Crippen molar-refractivity contribution < 1.29 is 4.92 Å². The molecule has 0 aromatic carbocycles. The highest BCUT2D eigenvalue weighted by Crippen LogP contribution is 2.29. The van der Waals surface area contributed by atoms with E-state index in [0.717, 1.165) is 0 Å². The number of nitrogens with two attached hydrogens (primary N) is 1. The second-order valence-electron chi connectivity index (χ2n) is 4.84. The van der Waals surface area contributed by atoms with Gasteiger partial charge in [-0.05, 0) is 12.8 Å². The topological polar surface area (TPSA) is 122 Å². The van der Waals surface area contributed by atoms with Crippen LogP contribution in [0.5, 0.6) is 0 Å². The van der Waals surface area contributed by atoms with Gasteiger partial charge in [0.25, 0.3) is 0 Å². The molecule has 0 unspecified atom stereocenters. The fourth-order valence-electron chi connectivity index (χ4n) is 1.92. The number of nitro groups is 1. The van der Waals surface area contributed by atoms with Gasteiger partial charge in [-0.1, -0.05) is 13.8 Å². The minimum absolute atomic E-state index is 0.00573. The van der Waals surface area contributed by atoms with Crippen LogP contribution in [0.1, 0.15) is 26.0 Å². The predicted molar refractivity (Wildman–Crippen MR) is 75.1 cm³/mol. The SMILES string of the molecule is Cc1nc(N)nc(N(CCC#N)CC(C)C)c1[N+](=O)[O-]. The van der Waals surface area contributed by atoms with E-state index in [-0.39, 0.29) is 35.5 Å². The number of nitrogen functional groups attached to an aromatic ring is 1. The van der Waals surface area contributed by atoms with Crippen LogP contribution in [0.4, 0.5) is 17.5 Å². The molecule has 1 aromatic rings. The van der Waals surface area contributed by atoms with Gasteiger partial charge >= 0.3 is 5.69 Å². The standard InChI is InChI=1S/C12H18N6O2/c1-8(2)7-17(6-4-5-13)11-10(18(19)20)9(3)15-12(14)16-11/h8H,4,6-7H2,1-3H3,(H2,14,15,16). The lowest BCUT2D eigenvalue weighted by molar-refractivity contribution is -0.385. The maximum absolute atomic E-state index is 11.2. The monoisotopic (exact) mass is 278 g/mol. The molecule has 0 saturated carbocycles. The molecule has 8 heteroatoms. The fraction of sp³-hybridized carbons (Fsp3) is 0.583. The minimum Gasteiger partial charge on any atom is -0.368 e. The van der Waals surface area contributed by atoms with Crippen molar-refractivity contribution in [3.8, 4) is 6.07 Å². The first kappa shape index (κ1) is 15.6. The van der Waals surface area contributed by atoms with Crippen LogP contribution in [0.2, 0.25) is 0 Å². The number of rotatable bonds is 6. The number of nitrogens with zero attached hydrogens (tertiary/aromatic N) is 5.